The van der Waals surface area contributed by atoms with E-state index in [9.17, 15) is 4.79 Å². The summed E-state index contributed by atoms with van der Waals surface area (Å²) in [5, 5.41) is 0. The minimum atomic E-state index is -0.248. The predicted molar refractivity (Wildman–Crippen MR) is 139 cm³/mol. The Hall–Kier alpha value is -3.79. The molecule has 1 fully saturated rings. The molecular formula is C30H28N2O2. The van der Waals surface area contributed by atoms with E-state index in [1.54, 1.807) is 0 Å². The summed E-state index contributed by atoms with van der Waals surface area (Å²) in [4.78, 5) is 18.4. The van der Waals surface area contributed by atoms with Gasteiger partial charge in [0.25, 0.3) is 0 Å². The topological polar surface area (TPSA) is 36.7 Å². The molecule has 4 aromatic rings. The Balaban J connectivity index is 1.48. The van der Waals surface area contributed by atoms with Crippen LogP contribution in [0.2, 0.25) is 0 Å². The van der Waals surface area contributed by atoms with Gasteiger partial charge in [0, 0.05) is 43.0 Å². The van der Waals surface area contributed by atoms with Gasteiger partial charge in [-0.25, -0.2) is 4.79 Å². The average molecular weight is 449 g/mol. The SMILES string of the molecule is O=c1oc2c(c(N3CCN(c4ccccc4)CC3)c1-c1ccccc1)CCCc1ccccc1-2. The normalized spacial score (nSPS) is 15.4. The predicted octanol–water partition coefficient (Wildman–Crippen LogP) is 5.79. The molecule has 0 unspecified atom stereocenters. The second-order valence-corrected chi connectivity index (χ2v) is 9.11. The lowest BCUT2D eigenvalue weighted by molar-refractivity contribution is 0.520. The smallest absolute Gasteiger partial charge is 0.346 e. The summed E-state index contributed by atoms with van der Waals surface area (Å²) in [6, 6.07) is 29.0. The highest BCUT2D eigenvalue weighted by molar-refractivity contribution is 5.85. The molecule has 34 heavy (non-hydrogen) atoms. The third-order valence-electron chi connectivity index (χ3n) is 7.11. The Morgan fingerprint density at radius 2 is 1.32 bits per heavy atom. The van der Waals surface area contributed by atoms with E-state index < -0.39 is 0 Å². The maximum Gasteiger partial charge on any atom is 0.346 e. The minimum absolute atomic E-state index is 0.248. The maximum atomic E-state index is 13.6. The Bertz CT molecular complexity index is 1350. The first-order chi connectivity index (χ1) is 16.8. The summed E-state index contributed by atoms with van der Waals surface area (Å²) in [7, 11) is 0. The molecule has 0 atom stereocenters. The van der Waals surface area contributed by atoms with Crippen LogP contribution in [0.15, 0.2) is 94.1 Å². The van der Waals surface area contributed by atoms with Crippen molar-refractivity contribution in [2.45, 2.75) is 19.3 Å². The van der Waals surface area contributed by atoms with Crippen LogP contribution in [0.1, 0.15) is 17.5 Å². The van der Waals surface area contributed by atoms with Gasteiger partial charge in [-0.3, -0.25) is 0 Å². The van der Waals surface area contributed by atoms with E-state index >= 15 is 0 Å². The summed E-state index contributed by atoms with van der Waals surface area (Å²) in [5.41, 5.74) is 7.21. The lowest BCUT2D eigenvalue weighted by Gasteiger charge is -2.39. The fourth-order valence-corrected chi connectivity index (χ4v) is 5.46. The lowest BCUT2D eigenvalue weighted by Crippen LogP contribution is -2.47. The van der Waals surface area contributed by atoms with E-state index in [4.69, 9.17) is 4.42 Å². The van der Waals surface area contributed by atoms with Gasteiger partial charge in [0.2, 0.25) is 0 Å². The van der Waals surface area contributed by atoms with Crippen molar-refractivity contribution in [1.29, 1.82) is 0 Å². The summed E-state index contributed by atoms with van der Waals surface area (Å²) in [6.45, 7) is 3.58. The number of benzene rings is 3. The van der Waals surface area contributed by atoms with Crippen molar-refractivity contribution in [3.8, 4) is 22.5 Å². The van der Waals surface area contributed by atoms with Gasteiger partial charge in [0.15, 0.2) is 0 Å². The van der Waals surface area contributed by atoms with E-state index in [1.807, 2.05) is 36.4 Å². The number of anilines is 2. The van der Waals surface area contributed by atoms with Gasteiger partial charge in [0.1, 0.15) is 5.76 Å². The summed E-state index contributed by atoms with van der Waals surface area (Å²) < 4.78 is 6.12. The van der Waals surface area contributed by atoms with Crippen molar-refractivity contribution in [2.24, 2.45) is 0 Å². The van der Waals surface area contributed by atoms with Gasteiger partial charge in [-0.05, 0) is 42.5 Å². The molecule has 6 rings (SSSR count). The zero-order chi connectivity index (χ0) is 22.9. The summed E-state index contributed by atoms with van der Waals surface area (Å²) in [5.74, 6) is 0.762. The zero-order valence-corrected chi connectivity index (χ0v) is 19.2. The van der Waals surface area contributed by atoms with Crippen LogP contribution in [0.25, 0.3) is 22.5 Å². The standard InChI is InChI=1S/C30H28N2O2/c33-30-27(23-11-3-1-4-12-23)28(32-20-18-31(19-21-32)24-14-5-2-6-15-24)26-17-9-13-22-10-7-8-16-25(22)29(26)34-30/h1-8,10-12,14-16H,9,13,17-21H2. The number of hydrogen-bond donors (Lipinski definition) is 0. The van der Waals surface area contributed by atoms with Gasteiger partial charge >= 0.3 is 5.63 Å². The number of para-hydroxylation sites is 1. The molecule has 0 amide bonds. The minimum Gasteiger partial charge on any atom is -0.422 e. The van der Waals surface area contributed by atoms with E-state index in [-0.39, 0.29) is 5.63 Å². The van der Waals surface area contributed by atoms with Gasteiger partial charge < -0.3 is 14.2 Å². The van der Waals surface area contributed by atoms with E-state index in [0.29, 0.717) is 5.56 Å². The highest BCUT2D eigenvalue weighted by atomic mass is 16.4. The number of fused-ring (bicyclic) bond motifs is 3. The van der Waals surface area contributed by atoms with Crippen molar-refractivity contribution >= 4 is 11.4 Å². The van der Waals surface area contributed by atoms with E-state index in [0.717, 1.165) is 68.0 Å². The maximum absolute atomic E-state index is 13.6. The fourth-order valence-electron chi connectivity index (χ4n) is 5.46. The molecule has 1 aliphatic heterocycles. The average Bonchev–Trinajstić information content (AvgIpc) is 3.08. The summed E-state index contributed by atoms with van der Waals surface area (Å²) in [6.07, 6.45) is 2.95. The van der Waals surface area contributed by atoms with Crippen LogP contribution in [0.5, 0.6) is 0 Å². The van der Waals surface area contributed by atoms with Gasteiger partial charge in [-0.15, -0.1) is 0 Å². The second-order valence-electron chi connectivity index (χ2n) is 9.11. The van der Waals surface area contributed by atoms with Crippen LogP contribution in [0.4, 0.5) is 11.4 Å². The third-order valence-corrected chi connectivity index (χ3v) is 7.11. The number of hydrogen-bond acceptors (Lipinski definition) is 4. The monoisotopic (exact) mass is 448 g/mol. The number of aryl methyl sites for hydroxylation is 1. The quantitative estimate of drug-likeness (QED) is 0.398. The van der Waals surface area contributed by atoms with Gasteiger partial charge in [-0.2, -0.15) is 0 Å². The van der Waals surface area contributed by atoms with Crippen LogP contribution in [-0.4, -0.2) is 26.2 Å². The Morgan fingerprint density at radius 3 is 2.09 bits per heavy atom. The van der Waals surface area contributed by atoms with Crippen LogP contribution < -0.4 is 15.4 Å². The van der Waals surface area contributed by atoms with Crippen molar-refractivity contribution in [3.05, 3.63) is 106 Å². The molecular weight excluding hydrogens is 420 g/mol. The highest BCUT2D eigenvalue weighted by Crippen LogP contribution is 2.41. The molecule has 1 aromatic heterocycles. The molecule has 3 aromatic carbocycles. The molecule has 0 spiro atoms. The molecule has 0 N–H and O–H groups in total. The summed E-state index contributed by atoms with van der Waals surface area (Å²) >= 11 is 0. The molecule has 170 valence electrons. The third kappa shape index (κ3) is 3.69. The Morgan fingerprint density at radius 1 is 0.676 bits per heavy atom. The molecule has 0 radical (unpaired) electrons. The molecule has 0 bridgehead atoms. The van der Waals surface area contributed by atoms with Crippen molar-refractivity contribution < 1.29 is 4.42 Å². The first-order valence-corrected chi connectivity index (χ1v) is 12.2. The molecule has 4 nitrogen and oxygen atoms in total. The number of piperazine rings is 1. The second kappa shape index (κ2) is 8.86. The number of rotatable bonds is 3. The van der Waals surface area contributed by atoms with Gasteiger partial charge in [-0.1, -0.05) is 72.8 Å². The van der Waals surface area contributed by atoms with Crippen LogP contribution >= 0.6 is 0 Å². The number of nitrogens with zero attached hydrogens (tertiary/aromatic N) is 2. The Kier molecular flexibility index (Phi) is 5.42. The first kappa shape index (κ1) is 20.8. The molecule has 4 heteroatoms. The van der Waals surface area contributed by atoms with Crippen LogP contribution in [0.3, 0.4) is 0 Å². The molecule has 0 saturated carbocycles. The molecule has 1 aliphatic carbocycles. The molecule has 1 saturated heterocycles. The first-order valence-electron chi connectivity index (χ1n) is 12.2. The van der Waals surface area contributed by atoms with E-state index in [2.05, 4.69) is 58.3 Å². The lowest BCUT2D eigenvalue weighted by atomic mass is 9.96. The van der Waals surface area contributed by atoms with Crippen molar-refractivity contribution in [2.75, 3.05) is 36.0 Å². The Labute approximate surface area is 200 Å². The fraction of sp³-hybridized carbons (Fsp3) is 0.233. The molecule has 2 aliphatic rings. The highest BCUT2D eigenvalue weighted by Gasteiger charge is 2.29. The zero-order valence-electron chi connectivity index (χ0n) is 19.2. The van der Waals surface area contributed by atoms with Gasteiger partial charge in [0.05, 0.1) is 11.3 Å². The van der Waals surface area contributed by atoms with Crippen molar-refractivity contribution in [1.82, 2.24) is 0 Å². The molecule has 2 heterocycles. The van der Waals surface area contributed by atoms with Crippen LogP contribution in [0, 0.1) is 0 Å². The largest absolute Gasteiger partial charge is 0.422 e. The van der Waals surface area contributed by atoms with E-state index in [1.165, 1.54) is 16.8 Å². The van der Waals surface area contributed by atoms with Crippen molar-refractivity contribution in [3.63, 3.8) is 0 Å². The van der Waals surface area contributed by atoms with Crippen LogP contribution in [-0.2, 0) is 12.8 Å².